The minimum atomic E-state index is 0.746. The van der Waals surface area contributed by atoms with Crippen molar-refractivity contribution in [1.29, 1.82) is 0 Å². The number of aromatic nitrogens is 2. The lowest BCUT2D eigenvalue weighted by Crippen LogP contribution is -1.95. The highest BCUT2D eigenvalue weighted by atomic mass is 14.8. The molecule has 1 aromatic heterocycles. The standard InChI is InChI=1S/C9H8N2/c1-2-9-8(4-10-5-11-9)7-3-6(1)7/h1-2,4-7H,3H2/t6-,7?/m1/s1. The second kappa shape index (κ2) is 1.70. The Balaban J connectivity index is 2.24. The van der Waals surface area contributed by atoms with Gasteiger partial charge < -0.3 is 0 Å². The van der Waals surface area contributed by atoms with Crippen LogP contribution >= 0.6 is 0 Å². The van der Waals surface area contributed by atoms with E-state index in [0.717, 1.165) is 17.5 Å². The van der Waals surface area contributed by atoms with Crippen molar-refractivity contribution in [2.45, 2.75) is 12.3 Å². The van der Waals surface area contributed by atoms with Gasteiger partial charge in [-0.1, -0.05) is 6.08 Å². The average molecular weight is 144 g/mol. The van der Waals surface area contributed by atoms with E-state index in [9.17, 15) is 0 Å². The SMILES string of the molecule is C1=C[C@@H]2CC2c2cncnc21. The molecule has 2 heteroatoms. The first-order valence-electron chi connectivity index (χ1n) is 3.93. The molecule has 0 radical (unpaired) electrons. The van der Waals surface area contributed by atoms with Crippen molar-refractivity contribution in [3.05, 3.63) is 29.9 Å². The Bertz CT molecular complexity index is 330. The van der Waals surface area contributed by atoms with Crippen LogP contribution in [0.4, 0.5) is 0 Å². The molecule has 2 aliphatic rings. The Hall–Kier alpha value is -1.18. The lowest BCUT2D eigenvalue weighted by atomic mass is 10.0. The fourth-order valence-corrected chi connectivity index (χ4v) is 1.77. The molecule has 1 fully saturated rings. The third-order valence-electron chi connectivity index (χ3n) is 2.51. The molecule has 2 aliphatic carbocycles. The monoisotopic (exact) mass is 144 g/mol. The smallest absolute Gasteiger partial charge is 0.116 e. The van der Waals surface area contributed by atoms with Crippen molar-refractivity contribution in [2.75, 3.05) is 0 Å². The molecule has 1 aromatic rings. The van der Waals surface area contributed by atoms with Crippen LogP contribution in [0.5, 0.6) is 0 Å². The fourth-order valence-electron chi connectivity index (χ4n) is 1.77. The van der Waals surface area contributed by atoms with Crippen LogP contribution in [0.25, 0.3) is 6.08 Å². The molecular weight excluding hydrogens is 136 g/mol. The Morgan fingerprint density at radius 1 is 1.45 bits per heavy atom. The van der Waals surface area contributed by atoms with E-state index in [4.69, 9.17) is 0 Å². The molecule has 1 heterocycles. The summed E-state index contributed by atoms with van der Waals surface area (Å²) in [6, 6.07) is 0. The molecule has 11 heavy (non-hydrogen) atoms. The van der Waals surface area contributed by atoms with Crippen molar-refractivity contribution in [1.82, 2.24) is 9.97 Å². The van der Waals surface area contributed by atoms with Gasteiger partial charge in [0.2, 0.25) is 0 Å². The maximum absolute atomic E-state index is 4.20. The molecule has 3 rings (SSSR count). The largest absolute Gasteiger partial charge is 0.244 e. The van der Waals surface area contributed by atoms with Gasteiger partial charge in [0.1, 0.15) is 6.33 Å². The van der Waals surface area contributed by atoms with E-state index in [1.54, 1.807) is 6.33 Å². The topological polar surface area (TPSA) is 25.8 Å². The second-order valence-corrected chi connectivity index (χ2v) is 3.23. The summed E-state index contributed by atoms with van der Waals surface area (Å²) < 4.78 is 0. The number of hydrogen-bond donors (Lipinski definition) is 0. The Kier molecular flexibility index (Phi) is 0.844. The first kappa shape index (κ1) is 5.47. The second-order valence-electron chi connectivity index (χ2n) is 3.23. The number of allylic oxidation sites excluding steroid dienone is 1. The van der Waals surface area contributed by atoms with Gasteiger partial charge in [-0.15, -0.1) is 0 Å². The molecule has 0 amide bonds. The average Bonchev–Trinajstić information content (AvgIpc) is 2.83. The summed E-state index contributed by atoms with van der Waals surface area (Å²) in [7, 11) is 0. The normalized spacial score (nSPS) is 30.9. The minimum absolute atomic E-state index is 0.746. The summed E-state index contributed by atoms with van der Waals surface area (Å²) in [6.45, 7) is 0. The third kappa shape index (κ3) is 0.666. The van der Waals surface area contributed by atoms with Crippen molar-refractivity contribution in [3.63, 3.8) is 0 Å². The first-order valence-corrected chi connectivity index (χ1v) is 3.93. The van der Waals surface area contributed by atoms with E-state index in [0.29, 0.717) is 0 Å². The highest BCUT2D eigenvalue weighted by Gasteiger charge is 2.39. The molecule has 0 N–H and O–H groups in total. The number of nitrogens with zero attached hydrogens (tertiary/aromatic N) is 2. The van der Waals surface area contributed by atoms with Gasteiger partial charge in [0, 0.05) is 6.20 Å². The van der Waals surface area contributed by atoms with E-state index in [1.165, 1.54) is 12.0 Å². The van der Waals surface area contributed by atoms with E-state index < -0.39 is 0 Å². The quantitative estimate of drug-likeness (QED) is 0.552. The minimum Gasteiger partial charge on any atom is -0.244 e. The van der Waals surface area contributed by atoms with Crippen LogP contribution < -0.4 is 0 Å². The van der Waals surface area contributed by atoms with Crippen molar-refractivity contribution in [3.8, 4) is 0 Å². The van der Waals surface area contributed by atoms with Crippen molar-refractivity contribution in [2.24, 2.45) is 5.92 Å². The predicted octanol–water partition coefficient (Wildman–Crippen LogP) is 1.61. The zero-order valence-corrected chi connectivity index (χ0v) is 6.07. The molecule has 1 saturated carbocycles. The predicted molar refractivity (Wildman–Crippen MR) is 41.9 cm³/mol. The maximum atomic E-state index is 4.20. The summed E-state index contributed by atoms with van der Waals surface area (Å²) in [4.78, 5) is 8.23. The van der Waals surface area contributed by atoms with Crippen LogP contribution in [0, 0.1) is 5.92 Å². The first-order chi connectivity index (χ1) is 5.45. The maximum Gasteiger partial charge on any atom is 0.116 e. The zero-order valence-electron chi connectivity index (χ0n) is 6.07. The van der Waals surface area contributed by atoms with E-state index >= 15 is 0 Å². The van der Waals surface area contributed by atoms with Crippen LogP contribution in [-0.2, 0) is 0 Å². The summed E-state index contributed by atoms with van der Waals surface area (Å²) in [5.41, 5.74) is 2.47. The summed E-state index contributed by atoms with van der Waals surface area (Å²) in [5, 5.41) is 0. The van der Waals surface area contributed by atoms with Gasteiger partial charge in [0.15, 0.2) is 0 Å². The molecule has 54 valence electrons. The molecular formula is C9H8N2. The highest BCUT2D eigenvalue weighted by molar-refractivity contribution is 5.56. The molecule has 2 atom stereocenters. The number of rotatable bonds is 0. The van der Waals surface area contributed by atoms with Gasteiger partial charge in [-0.2, -0.15) is 0 Å². The Labute approximate surface area is 65.0 Å². The molecule has 0 spiro atoms. The molecule has 0 bridgehead atoms. The van der Waals surface area contributed by atoms with Crippen LogP contribution in [0.1, 0.15) is 23.6 Å². The Morgan fingerprint density at radius 2 is 2.45 bits per heavy atom. The van der Waals surface area contributed by atoms with Crippen molar-refractivity contribution < 1.29 is 0 Å². The van der Waals surface area contributed by atoms with E-state index in [1.807, 2.05) is 6.20 Å². The highest BCUT2D eigenvalue weighted by Crippen LogP contribution is 2.51. The summed E-state index contributed by atoms with van der Waals surface area (Å²) >= 11 is 0. The molecule has 2 nitrogen and oxygen atoms in total. The van der Waals surface area contributed by atoms with Gasteiger partial charge in [-0.25, -0.2) is 9.97 Å². The van der Waals surface area contributed by atoms with Gasteiger partial charge >= 0.3 is 0 Å². The lowest BCUT2D eigenvalue weighted by Gasteiger charge is -2.05. The molecule has 0 saturated heterocycles. The van der Waals surface area contributed by atoms with E-state index in [2.05, 4.69) is 22.1 Å². The van der Waals surface area contributed by atoms with Gasteiger partial charge in [0.25, 0.3) is 0 Å². The van der Waals surface area contributed by atoms with Crippen LogP contribution in [-0.4, -0.2) is 9.97 Å². The zero-order chi connectivity index (χ0) is 7.26. The molecule has 0 aromatic carbocycles. The Morgan fingerprint density at radius 3 is 3.45 bits per heavy atom. The molecule has 1 unspecified atom stereocenters. The molecule has 0 aliphatic heterocycles. The van der Waals surface area contributed by atoms with Crippen LogP contribution in [0.2, 0.25) is 0 Å². The van der Waals surface area contributed by atoms with Crippen LogP contribution in [0.15, 0.2) is 18.6 Å². The van der Waals surface area contributed by atoms with Gasteiger partial charge in [0.05, 0.1) is 5.69 Å². The summed E-state index contributed by atoms with van der Waals surface area (Å²) in [5.74, 6) is 1.55. The van der Waals surface area contributed by atoms with E-state index in [-0.39, 0.29) is 0 Å². The van der Waals surface area contributed by atoms with Crippen LogP contribution in [0.3, 0.4) is 0 Å². The number of hydrogen-bond acceptors (Lipinski definition) is 2. The summed E-state index contributed by atoms with van der Waals surface area (Å²) in [6.07, 6.45) is 9.25. The number of fused-ring (bicyclic) bond motifs is 3. The fraction of sp³-hybridized carbons (Fsp3) is 0.333. The van der Waals surface area contributed by atoms with Gasteiger partial charge in [-0.05, 0) is 29.9 Å². The lowest BCUT2D eigenvalue weighted by molar-refractivity contribution is 0.948. The third-order valence-corrected chi connectivity index (χ3v) is 2.51. The van der Waals surface area contributed by atoms with Crippen molar-refractivity contribution >= 4 is 6.08 Å². The van der Waals surface area contributed by atoms with Gasteiger partial charge in [-0.3, -0.25) is 0 Å².